The van der Waals surface area contributed by atoms with Crippen LogP contribution in [0.1, 0.15) is 31.3 Å². The summed E-state index contributed by atoms with van der Waals surface area (Å²) >= 11 is 0. The fraction of sp³-hybridized carbons (Fsp3) is 0.583. The van der Waals surface area contributed by atoms with Gasteiger partial charge in [-0.15, -0.1) is 0 Å². The van der Waals surface area contributed by atoms with Gasteiger partial charge in [0.15, 0.2) is 0 Å². The lowest BCUT2D eigenvalue weighted by atomic mass is 10.1. The Morgan fingerprint density at radius 3 is 3.06 bits per heavy atom. The number of rotatable bonds is 3. The highest BCUT2D eigenvalue weighted by atomic mass is 16.2. The number of piperidine rings is 1. The third kappa shape index (κ3) is 2.93. The van der Waals surface area contributed by atoms with Crippen molar-refractivity contribution in [1.82, 2.24) is 15.3 Å². The Labute approximate surface area is 101 Å². The second kappa shape index (κ2) is 5.12. The number of aromatic nitrogens is 2. The Kier molecular flexibility index (Phi) is 3.56. The van der Waals surface area contributed by atoms with Crippen LogP contribution < -0.4 is 10.6 Å². The number of hydrogen-bond donors (Lipinski definition) is 2. The number of anilines is 1. The smallest absolute Gasteiger partial charge is 0.242 e. The molecule has 0 aliphatic carbocycles. The first-order valence-electron chi connectivity index (χ1n) is 6.08. The lowest BCUT2D eigenvalue weighted by Gasteiger charge is -2.23. The maximum absolute atomic E-state index is 11.6. The zero-order chi connectivity index (χ0) is 12.3. The molecule has 1 atom stereocenters. The molecule has 1 aromatic rings. The van der Waals surface area contributed by atoms with E-state index in [-0.39, 0.29) is 11.9 Å². The summed E-state index contributed by atoms with van der Waals surface area (Å²) < 4.78 is 0. The Morgan fingerprint density at radius 1 is 1.53 bits per heavy atom. The minimum absolute atomic E-state index is 0.0607. The van der Waals surface area contributed by atoms with E-state index >= 15 is 0 Å². The Hall–Kier alpha value is -1.65. The van der Waals surface area contributed by atoms with Crippen molar-refractivity contribution < 1.29 is 4.79 Å². The van der Waals surface area contributed by atoms with Crippen LogP contribution >= 0.6 is 0 Å². The summed E-state index contributed by atoms with van der Waals surface area (Å²) in [6.07, 6.45) is 2.74. The number of aryl methyl sites for hydroxylation is 2. The highest BCUT2D eigenvalue weighted by Crippen LogP contribution is 2.12. The van der Waals surface area contributed by atoms with Crippen molar-refractivity contribution in [2.45, 2.75) is 39.2 Å². The van der Waals surface area contributed by atoms with Crippen LogP contribution in [0, 0.1) is 6.92 Å². The Bertz CT molecular complexity index is 419. The maximum Gasteiger partial charge on any atom is 0.242 e. The van der Waals surface area contributed by atoms with Gasteiger partial charge in [-0.05, 0) is 26.2 Å². The van der Waals surface area contributed by atoms with Crippen molar-refractivity contribution in [3.63, 3.8) is 0 Å². The number of nitrogens with zero attached hydrogens (tertiary/aromatic N) is 2. The summed E-state index contributed by atoms with van der Waals surface area (Å²) in [7, 11) is 0. The van der Waals surface area contributed by atoms with Gasteiger partial charge >= 0.3 is 0 Å². The standard InChI is InChI=1S/C12H18N4O/c1-3-9-7-11(15-8(2)14-9)16-10-5-4-6-13-12(10)17/h7,10H,3-6H2,1-2H3,(H,13,17)(H,14,15,16). The average molecular weight is 234 g/mol. The molecule has 17 heavy (non-hydrogen) atoms. The van der Waals surface area contributed by atoms with Crippen LogP contribution in [-0.2, 0) is 11.2 Å². The lowest BCUT2D eigenvalue weighted by molar-refractivity contribution is -0.123. The van der Waals surface area contributed by atoms with E-state index in [1.54, 1.807) is 0 Å². The first kappa shape index (κ1) is 11.8. The van der Waals surface area contributed by atoms with Crippen molar-refractivity contribution in [2.75, 3.05) is 11.9 Å². The summed E-state index contributed by atoms with van der Waals surface area (Å²) in [5.74, 6) is 1.55. The number of carbonyl (C=O) groups is 1. The minimum atomic E-state index is -0.164. The normalized spacial score (nSPS) is 19.9. The third-order valence-corrected chi connectivity index (χ3v) is 2.86. The molecule has 0 aromatic carbocycles. The van der Waals surface area contributed by atoms with E-state index in [4.69, 9.17) is 0 Å². The largest absolute Gasteiger partial charge is 0.358 e. The predicted molar refractivity (Wildman–Crippen MR) is 65.8 cm³/mol. The molecule has 0 bridgehead atoms. The summed E-state index contributed by atoms with van der Waals surface area (Å²) in [6.45, 7) is 4.70. The van der Waals surface area contributed by atoms with Crippen molar-refractivity contribution in [1.29, 1.82) is 0 Å². The summed E-state index contributed by atoms with van der Waals surface area (Å²) in [4.78, 5) is 20.2. The van der Waals surface area contributed by atoms with E-state index in [1.807, 2.05) is 13.0 Å². The second-order valence-corrected chi connectivity index (χ2v) is 4.28. The highest BCUT2D eigenvalue weighted by molar-refractivity contribution is 5.84. The fourth-order valence-electron chi connectivity index (χ4n) is 1.97. The quantitative estimate of drug-likeness (QED) is 0.820. The molecule has 0 spiro atoms. The van der Waals surface area contributed by atoms with Crippen molar-refractivity contribution >= 4 is 11.7 Å². The van der Waals surface area contributed by atoms with Crippen LogP contribution in [0.25, 0.3) is 0 Å². The van der Waals surface area contributed by atoms with E-state index in [1.165, 1.54) is 0 Å². The predicted octanol–water partition coefficient (Wildman–Crippen LogP) is 1.04. The molecule has 2 N–H and O–H groups in total. The highest BCUT2D eigenvalue weighted by Gasteiger charge is 2.22. The van der Waals surface area contributed by atoms with Gasteiger partial charge in [0.25, 0.3) is 0 Å². The molecular formula is C12H18N4O. The summed E-state index contributed by atoms with van der Waals surface area (Å²) in [6, 6.07) is 1.75. The van der Waals surface area contributed by atoms with E-state index in [0.29, 0.717) is 0 Å². The van der Waals surface area contributed by atoms with Gasteiger partial charge < -0.3 is 10.6 Å². The molecule has 1 aromatic heterocycles. The SMILES string of the molecule is CCc1cc(NC2CCCNC2=O)nc(C)n1. The molecule has 92 valence electrons. The molecule has 1 unspecified atom stereocenters. The molecule has 1 saturated heterocycles. The second-order valence-electron chi connectivity index (χ2n) is 4.28. The first-order valence-corrected chi connectivity index (χ1v) is 6.08. The van der Waals surface area contributed by atoms with Gasteiger partial charge in [0.1, 0.15) is 17.7 Å². The van der Waals surface area contributed by atoms with Gasteiger partial charge in [0.2, 0.25) is 5.91 Å². The number of carbonyl (C=O) groups excluding carboxylic acids is 1. The van der Waals surface area contributed by atoms with Gasteiger partial charge in [-0.3, -0.25) is 4.79 Å². The van der Waals surface area contributed by atoms with Crippen LogP contribution in [0.15, 0.2) is 6.07 Å². The van der Waals surface area contributed by atoms with Crippen LogP contribution in [0.4, 0.5) is 5.82 Å². The monoisotopic (exact) mass is 234 g/mol. The molecular weight excluding hydrogens is 216 g/mol. The zero-order valence-electron chi connectivity index (χ0n) is 10.3. The lowest BCUT2D eigenvalue weighted by Crippen LogP contribution is -2.44. The van der Waals surface area contributed by atoms with Gasteiger partial charge in [0, 0.05) is 18.3 Å². The molecule has 2 heterocycles. The van der Waals surface area contributed by atoms with Crippen molar-refractivity contribution in [3.05, 3.63) is 17.6 Å². The van der Waals surface area contributed by atoms with Crippen LogP contribution in [-0.4, -0.2) is 28.5 Å². The van der Waals surface area contributed by atoms with Crippen LogP contribution in [0.3, 0.4) is 0 Å². The number of amides is 1. The summed E-state index contributed by atoms with van der Waals surface area (Å²) in [5.41, 5.74) is 0.996. The van der Waals surface area contributed by atoms with E-state index in [9.17, 15) is 4.79 Å². The van der Waals surface area contributed by atoms with E-state index in [2.05, 4.69) is 27.5 Å². The number of nitrogens with one attached hydrogen (secondary N) is 2. The Balaban J connectivity index is 2.11. The Morgan fingerprint density at radius 2 is 2.35 bits per heavy atom. The first-order chi connectivity index (χ1) is 8.19. The van der Waals surface area contributed by atoms with E-state index in [0.717, 1.165) is 43.1 Å². The molecule has 0 radical (unpaired) electrons. The topological polar surface area (TPSA) is 66.9 Å². The zero-order valence-corrected chi connectivity index (χ0v) is 10.3. The third-order valence-electron chi connectivity index (χ3n) is 2.86. The van der Waals surface area contributed by atoms with Gasteiger partial charge in [0.05, 0.1) is 0 Å². The van der Waals surface area contributed by atoms with Crippen molar-refractivity contribution in [3.8, 4) is 0 Å². The van der Waals surface area contributed by atoms with Crippen LogP contribution in [0.5, 0.6) is 0 Å². The molecule has 5 nitrogen and oxygen atoms in total. The van der Waals surface area contributed by atoms with Gasteiger partial charge in [-0.2, -0.15) is 0 Å². The molecule has 5 heteroatoms. The summed E-state index contributed by atoms with van der Waals surface area (Å²) in [5, 5.41) is 6.03. The van der Waals surface area contributed by atoms with Gasteiger partial charge in [-0.1, -0.05) is 6.92 Å². The molecule has 2 rings (SSSR count). The minimum Gasteiger partial charge on any atom is -0.358 e. The molecule has 0 saturated carbocycles. The fourth-order valence-corrected chi connectivity index (χ4v) is 1.97. The average Bonchev–Trinajstić information content (AvgIpc) is 2.31. The van der Waals surface area contributed by atoms with Gasteiger partial charge in [-0.25, -0.2) is 9.97 Å². The molecule has 1 fully saturated rings. The molecule has 1 amide bonds. The molecule has 1 aliphatic heterocycles. The number of hydrogen-bond acceptors (Lipinski definition) is 4. The van der Waals surface area contributed by atoms with E-state index < -0.39 is 0 Å². The van der Waals surface area contributed by atoms with Crippen molar-refractivity contribution in [2.24, 2.45) is 0 Å². The molecule has 1 aliphatic rings. The maximum atomic E-state index is 11.6. The van der Waals surface area contributed by atoms with Crippen LogP contribution in [0.2, 0.25) is 0 Å².